The van der Waals surface area contributed by atoms with Crippen LogP contribution in [0.2, 0.25) is 0 Å². The summed E-state index contributed by atoms with van der Waals surface area (Å²) in [5.41, 5.74) is 0. The minimum absolute atomic E-state index is 0.159. The number of methoxy groups -OCH3 is 1. The zero-order valence-corrected chi connectivity index (χ0v) is 18.2. The Morgan fingerprint density at radius 1 is 1.21 bits per heavy atom. The summed E-state index contributed by atoms with van der Waals surface area (Å²) in [5, 5.41) is 20.6. The molecular weight excluding hydrogens is 412 g/mol. The van der Waals surface area contributed by atoms with Crippen LogP contribution in [-0.4, -0.2) is 43.2 Å². The van der Waals surface area contributed by atoms with Crippen molar-refractivity contribution in [2.45, 2.75) is 44.3 Å². The molecule has 0 aliphatic rings. The maximum atomic E-state index is 12.4. The first-order chi connectivity index (χ1) is 14.0. The van der Waals surface area contributed by atoms with E-state index in [1.54, 1.807) is 7.11 Å². The monoisotopic (exact) mass is 434 g/mol. The van der Waals surface area contributed by atoms with Crippen LogP contribution in [0, 0.1) is 6.92 Å². The molecule has 154 valence electrons. The highest BCUT2D eigenvalue weighted by atomic mass is 32.2. The Morgan fingerprint density at radius 3 is 2.55 bits per heavy atom. The molecule has 29 heavy (non-hydrogen) atoms. The number of aromatic nitrogens is 5. The molecule has 0 aliphatic heterocycles. The van der Waals surface area contributed by atoms with Crippen molar-refractivity contribution in [1.29, 1.82) is 0 Å². The van der Waals surface area contributed by atoms with Gasteiger partial charge in [-0.25, -0.2) is 0 Å². The number of rotatable bonds is 9. The smallest absolute Gasteiger partial charge is 0.239 e. The number of amides is 1. The summed E-state index contributed by atoms with van der Waals surface area (Å²) in [5.74, 6) is 2.01. The van der Waals surface area contributed by atoms with Gasteiger partial charge in [-0.3, -0.25) is 10.1 Å². The van der Waals surface area contributed by atoms with E-state index in [-0.39, 0.29) is 17.8 Å². The molecule has 9 nitrogen and oxygen atoms in total. The molecule has 2 aromatic heterocycles. The van der Waals surface area contributed by atoms with Crippen molar-refractivity contribution < 1.29 is 14.3 Å². The standard InChI is InChI=1S/C18H22N6O3S2/c1-5-24-15(10-27-14-8-6-13(26-4)7-9-14)21-23-18(24)28-11(2)16(25)19-17-22-20-12(3)29-17/h6-9,11H,5,10H2,1-4H3,(H,19,22,25)/t11-/m0/s1. The van der Waals surface area contributed by atoms with Crippen molar-refractivity contribution >= 4 is 34.1 Å². The highest BCUT2D eigenvalue weighted by Gasteiger charge is 2.21. The van der Waals surface area contributed by atoms with Crippen LogP contribution in [0.5, 0.6) is 11.5 Å². The topological polar surface area (TPSA) is 104 Å². The van der Waals surface area contributed by atoms with E-state index >= 15 is 0 Å². The van der Waals surface area contributed by atoms with Crippen molar-refractivity contribution in [3.8, 4) is 11.5 Å². The molecule has 1 aromatic carbocycles. The summed E-state index contributed by atoms with van der Waals surface area (Å²) in [7, 11) is 1.62. The molecule has 0 saturated carbocycles. The Kier molecular flexibility index (Phi) is 7.04. The fourth-order valence-corrected chi connectivity index (χ4v) is 3.94. The van der Waals surface area contributed by atoms with Crippen molar-refractivity contribution in [1.82, 2.24) is 25.0 Å². The molecule has 1 N–H and O–H groups in total. The second-order valence-electron chi connectivity index (χ2n) is 5.98. The van der Waals surface area contributed by atoms with Gasteiger partial charge in [-0.05, 0) is 45.0 Å². The highest BCUT2D eigenvalue weighted by Crippen LogP contribution is 2.25. The van der Waals surface area contributed by atoms with Crippen LogP contribution in [0.1, 0.15) is 24.7 Å². The SMILES string of the molecule is CCn1c(COc2ccc(OC)cc2)nnc1S[C@@H](C)C(=O)Nc1nnc(C)s1. The first-order valence-electron chi connectivity index (χ1n) is 8.96. The molecule has 0 fully saturated rings. The highest BCUT2D eigenvalue weighted by molar-refractivity contribution is 8.00. The Bertz CT molecular complexity index is 957. The second kappa shape index (κ2) is 9.70. The van der Waals surface area contributed by atoms with Crippen LogP contribution in [0.15, 0.2) is 29.4 Å². The van der Waals surface area contributed by atoms with E-state index in [1.807, 2.05) is 49.6 Å². The van der Waals surface area contributed by atoms with Gasteiger partial charge in [0.1, 0.15) is 23.1 Å². The number of aryl methyl sites for hydroxylation is 1. The van der Waals surface area contributed by atoms with Crippen LogP contribution in [0.25, 0.3) is 0 Å². The van der Waals surface area contributed by atoms with Gasteiger partial charge >= 0.3 is 0 Å². The van der Waals surface area contributed by atoms with Crippen LogP contribution in [0.4, 0.5) is 5.13 Å². The predicted octanol–water partition coefficient (Wildman–Crippen LogP) is 3.16. The van der Waals surface area contributed by atoms with E-state index in [1.165, 1.54) is 23.1 Å². The van der Waals surface area contributed by atoms with Crippen LogP contribution < -0.4 is 14.8 Å². The third-order valence-electron chi connectivity index (χ3n) is 3.94. The molecule has 0 bridgehead atoms. The number of hydrogen-bond acceptors (Lipinski definition) is 9. The molecule has 0 saturated heterocycles. The van der Waals surface area contributed by atoms with E-state index in [0.717, 1.165) is 10.8 Å². The van der Waals surface area contributed by atoms with E-state index in [2.05, 4.69) is 25.7 Å². The predicted molar refractivity (Wildman–Crippen MR) is 112 cm³/mol. The summed E-state index contributed by atoms with van der Waals surface area (Å²) >= 11 is 2.68. The third-order valence-corrected chi connectivity index (χ3v) is 5.78. The number of thioether (sulfide) groups is 1. The first-order valence-corrected chi connectivity index (χ1v) is 10.7. The molecule has 0 aliphatic carbocycles. The molecule has 3 aromatic rings. The lowest BCUT2D eigenvalue weighted by Gasteiger charge is -2.12. The lowest BCUT2D eigenvalue weighted by atomic mass is 10.3. The van der Waals surface area contributed by atoms with E-state index in [9.17, 15) is 4.79 Å². The average Bonchev–Trinajstić information content (AvgIpc) is 3.31. The minimum atomic E-state index is -0.371. The van der Waals surface area contributed by atoms with E-state index in [0.29, 0.717) is 28.4 Å². The van der Waals surface area contributed by atoms with Gasteiger partial charge in [0.05, 0.1) is 12.4 Å². The fraction of sp³-hybridized carbons (Fsp3) is 0.389. The molecule has 2 heterocycles. The van der Waals surface area contributed by atoms with Gasteiger partial charge in [-0.1, -0.05) is 23.1 Å². The summed E-state index contributed by atoms with van der Waals surface area (Å²) in [6.45, 7) is 6.60. The zero-order valence-electron chi connectivity index (χ0n) is 16.6. The van der Waals surface area contributed by atoms with Gasteiger partial charge in [0.25, 0.3) is 0 Å². The summed E-state index contributed by atoms with van der Waals surface area (Å²) < 4.78 is 12.9. The Morgan fingerprint density at radius 2 is 1.93 bits per heavy atom. The van der Waals surface area contributed by atoms with Gasteiger partial charge in [-0.15, -0.1) is 20.4 Å². The van der Waals surface area contributed by atoms with E-state index in [4.69, 9.17) is 9.47 Å². The molecule has 1 amide bonds. The van der Waals surface area contributed by atoms with Crippen LogP contribution >= 0.6 is 23.1 Å². The van der Waals surface area contributed by atoms with Crippen LogP contribution in [-0.2, 0) is 17.9 Å². The first kappa shape index (κ1) is 21.1. The number of anilines is 1. The summed E-state index contributed by atoms with van der Waals surface area (Å²) in [6, 6.07) is 7.34. The van der Waals surface area contributed by atoms with Crippen molar-refractivity contribution in [2.75, 3.05) is 12.4 Å². The maximum absolute atomic E-state index is 12.4. The normalized spacial score (nSPS) is 11.9. The zero-order chi connectivity index (χ0) is 20.8. The molecule has 0 unspecified atom stereocenters. The number of benzene rings is 1. The summed E-state index contributed by atoms with van der Waals surface area (Å²) in [4.78, 5) is 12.4. The lowest BCUT2D eigenvalue weighted by molar-refractivity contribution is -0.115. The largest absolute Gasteiger partial charge is 0.497 e. The number of ether oxygens (including phenoxy) is 2. The molecule has 0 radical (unpaired) electrons. The number of carbonyl (C=O) groups excluding carboxylic acids is 1. The quantitative estimate of drug-likeness (QED) is 0.512. The maximum Gasteiger partial charge on any atom is 0.239 e. The summed E-state index contributed by atoms with van der Waals surface area (Å²) in [6.07, 6.45) is 0. The molecule has 11 heteroatoms. The van der Waals surface area contributed by atoms with Gasteiger partial charge in [0.15, 0.2) is 11.0 Å². The number of nitrogens with zero attached hydrogens (tertiary/aromatic N) is 5. The van der Waals surface area contributed by atoms with Gasteiger partial charge < -0.3 is 14.0 Å². The Hall–Kier alpha value is -2.66. The van der Waals surface area contributed by atoms with Crippen molar-refractivity contribution in [3.63, 3.8) is 0 Å². The van der Waals surface area contributed by atoms with Gasteiger partial charge in [0, 0.05) is 6.54 Å². The molecule has 0 spiro atoms. The van der Waals surface area contributed by atoms with Crippen molar-refractivity contribution in [2.24, 2.45) is 0 Å². The third kappa shape index (κ3) is 5.45. The number of nitrogens with one attached hydrogen (secondary N) is 1. The average molecular weight is 435 g/mol. The number of carbonyl (C=O) groups is 1. The number of hydrogen-bond donors (Lipinski definition) is 1. The molecule has 1 atom stereocenters. The van der Waals surface area contributed by atoms with Gasteiger partial charge in [0.2, 0.25) is 11.0 Å². The van der Waals surface area contributed by atoms with Crippen molar-refractivity contribution in [3.05, 3.63) is 35.1 Å². The van der Waals surface area contributed by atoms with Gasteiger partial charge in [-0.2, -0.15) is 0 Å². The molecular formula is C18H22N6O3S2. The fourth-order valence-electron chi connectivity index (χ4n) is 2.42. The minimum Gasteiger partial charge on any atom is -0.497 e. The lowest BCUT2D eigenvalue weighted by Crippen LogP contribution is -2.23. The second-order valence-corrected chi connectivity index (χ2v) is 8.47. The van der Waals surface area contributed by atoms with Crippen LogP contribution in [0.3, 0.4) is 0 Å². The molecule has 3 rings (SSSR count). The van der Waals surface area contributed by atoms with E-state index < -0.39 is 0 Å². The Balaban J connectivity index is 1.61. The Labute approximate surface area is 176 Å².